The van der Waals surface area contributed by atoms with E-state index in [1.807, 2.05) is 24.3 Å². The van der Waals surface area contributed by atoms with Crippen molar-refractivity contribution in [2.45, 2.75) is 6.54 Å². The van der Waals surface area contributed by atoms with Gasteiger partial charge >= 0.3 is 0 Å². The van der Waals surface area contributed by atoms with Gasteiger partial charge in [-0.15, -0.1) is 0 Å². The predicted molar refractivity (Wildman–Crippen MR) is 85.4 cm³/mol. The lowest BCUT2D eigenvalue weighted by molar-refractivity contribution is 0.393. The normalized spacial score (nSPS) is 10.6. The lowest BCUT2D eigenvalue weighted by Crippen LogP contribution is -2.04. The number of nitrogens with one attached hydrogen (secondary N) is 1. The smallest absolute Gasteiger partial charge is 0.218 e. The molecule has 0 amide bonds. The maximum atomic E-state index is 5.25. The van der Waals surface area contributed by atoms with Gasteiger partial charge in [0.15, 0.2) is 0 Å². The van der Waals surface area contributed by atoms with Crippen LogP contribution in [0.5, 0.6) is 5.88 Å². The number of anilines is 1. The number of halogens is 1. The summed E-state index contributed by atoms with van der Waals surface area (Å²) in [5.74, 6) is 0.624. The average Bonchev–Trinajstić information content (AvgIpc) is 2.52. The minimum Gasteiger partial charge on any atom is -0.481 e. The number of nitrogens with zero attached hydrogens (tertiary/aromatic N) is 3. The first-order valence-corrected chi connectivity index (χ1v) is 7.19. The van der Waals surface area contributed by atoms with Crippen LogP contribution >= 0.6 is 15.9 Å². The van der Waals surface area contributed by atoms with Gasteiger partial charge in [0.05, 0.1) is 18.3 Å². The molecule has 0 atom stereocenters. The van der Waals surface area contributed by atoms with Crippen LogP contribution < -0.4 is 10.1 Å². The summed E-state index contributed by atoms with van der Waals surface area (Å²) in [6, 6.07) is 7.72. The Morgan fingerprint density at radius 1 is 1.19 bits per heavy atom. The van der Waals surface area contributed by atoms with E-state index in [4.69, 9.17) is 4.74 Å². The van der Waals surface area contributed by atoms with Crippen molar-refractivity contribution in [2.75, 3.05) is 12.4 Å². The molecule has 3 rings (SSSR count). The van der Waals surface area contributed by atoms with Crippen molar-refractivity contribution in [1.82, 2.24) is 15.0 Å². The van der Waals surface area contributed by atoms with Crippen molar-refractivity contribution in [3.8, 4) is 5.88 Å². The predicted octanol–water partition coefficient (Wildman–Crippen LogP) is 3.41. The Hall–Kier alpha value is -2.21. The zero-order valence-electron chi connectivity index (χ0n) is 11.4. The highest BCUT2D eigenvalue weighted by atomic mass is 79.9. The molecule has 106 valence electrons. The summed E-state index contributed by atoms with van der Waals surface area (Å²) in [5, 5.41) is 3.36. The van der Waals surface area contributed by atoms with Crippen LogP contribution in [0.1, 0.15) is 5.56 Å². The van der Waals surface area contributed by atoms with Gasteiger partial charge in [0.25, 0.3) is 0 Å². The summed E-state index contributed by atoms with van der Waals surface area (Å²) in [5.41, 5.74) is 3.59. The first-order chi connectivity index (χ1) is 10.3. The summed E-state index contributed by atoms with van der Waals surface area (Å²) in [7, 11) is 1.62. The van der Waals surface area contributed by atoms with Gasteiger partial charge in [-0.05, 0) is 34.1 Å². The molecule has 0 bridgehead atoms. The molecule has 0 aliphatic rings. The Kier molecular flexibility index (Phi) is 3.96. The van der Waals surface area contributed by atoms with E-state index in [9.17, 15) is 0 Å². The second-order valence-corrected chi connectivity index (χ2v) is 5.32. The molecule has 6 heteroatoms. The summed E-state index contributed by atoms with van der Waals surface area (Å²) < 4.78 is 6.16. The van der Waals surface area contributed by atoms with Crippen molar-refractivity contribution in [1.29, 1.82) is 0 Å². The summed E-state index contributed by atoms with van der Waals surface area (Å²) in [4.78, 5) is 12.9. The molecule has 0 fully saturated rings. The maximum Gasteiger partial charge on any atom is 0.218 e. The zero-order valence-corrected chi connectivity index (χ0v) is 13.0. The molecular weight excluding hydrogens is 332 g/mol. The van der Waals surface area contributed by atoms with Crippen LogP contribution in [0, 0.1) is 0 Å². The standard InChI is InChI=1S/C15H13BrN4O/c1-21-15-10(3-2-5-18-15)8-19-12-4-6-17-13-7-11(16)9-20-14(12)13/h2-7,9H,8H2,1H3,(H,17,19). The topological polar surface area (TPSA) is 59.9 Å². The molecule has 21 heavy (non-hydrogen) atoms. The summed E-state index contributed by atoms with van der Waals surface area (Å²) >= 11 is 3.40. The van der Waals surface area contributed by atoms with Crippen LogP contribution in [-0.4, -0.2) is 22.1 Å². The molecule has 0 saturated heterocycles. The van der Waals surface area contributed by atoms with E-state index in [-0.39, 0.29) is 0 Å². The molecule has 0 spiro atoms. The van der Waals surface area contributed by atoms with Gasteiger partial charge in [-0.3, -0.25) is 9.97 Å². The van der Waals surface area contributed by atoms with E-state index in [2.05, 4.69) is 36.2 Å². The fourth-order valence-corrected chi connectivity index (χ4v) is 2.40. The fraction of sp³-hybridized carbons (Fsp3) is 0.133. The second-order valence-electron chi connectivity index (χ2n) is 4.41. The minimum atomic E-state index is 0.605. The highest BCUT2D eigenvalue weighted by Crippen LogP contribution is 2.23. The van der Waals surface area contributed by atoms with Gasteiger partial charge < -0.3 is 10.1 Å². The van der Waals surface area contributed by atoms with E-state index >= 15 is 0 Å². The first-order valence-electron chi connectivity index (χ1n) is 6.40. The number of pyridine rings is 3. The van der Waals surface area contributed by atoms with Crippen molar-refractivity contribution in [3.63, 3.8) is 0 Å². The quantitative estimate of drug-likeness (QED) is 0.785. The SMILES string of the molecule is COc1ncccc1CNc1ccnc2cc(Br)cnc12. The Balaban J connectivity index is 1.88. The number of methoxy groups -OCH3 is 1. The highest BCUT2D eigenvalue weighted by molar-refractivity contribution is 9.10. The number of hydrogen-bond acceptors (Lipinski definition) is 5. The van der Waals surface area contributed by atoms with E-state index < -0.39 is 0 Å². The van der Waals surface area contributed by atoms with Crippen molar-refractivity contribution in [3.05, 3.63) is 52.9 Å². The summed E-state index contributed by atoms with van der Waals surface area (Å²) in [6.07, 6.45) is 5.24. The Morgan fingerprint density at radius 2 is 2.10 bits per heavy atom. The molecule has 0 aliphatic heterocycles. The number of rotatable bonds is 4. The van der Waals surface area contributed by atoms with Crippen LogP contribution in [0.15, 0.2) is 47.3 Å². The molecule has 0 radical (unpaired) electrons. The van der Waals surface area contributed by atoms with E-state index in [0.717, 1.165) is 26.8 Å². The lowest BCUT2D eigenvalue weighted by Gasteiger charge is -2.10. The number of ether oxygens (including phenoxy) is 1. The third kappa shape index (κ3) is 2.95. The average molecular weight is 345 g/mol. The summed E-state index contributed by atoms with van der Waals surface area (Å²) in [6.45, 7) is 0.605. The molecule has 3 heterocycles. The second kappa shape index (κ2) is 6.05. The molecule has 0 aromatic carbocycles. The molecule has 1 N–H and O–H groups in total. The number of hydrogen-bond donors (Lipinski definition) is 1. The Morgan fingerprint density at radius 3 is 2.95 bits per heavy atom. The van der Waals surface area contributed by atoms with Crippen LogP contribution in [-0.2, 0) is 6.54 Å². The van der Waals surface area contributed by atoms with Crippen LogP contribution in [0.25, 0.3) is 11.0 Å². The molecule has 5 nitrogen and oxygen atoms in total. The molecule has 0 aliphatic carbocycles. The minimum absolute atomic E-state index is 0.605. The van der Waals surface area contributed by atoms with Gasteiger partial charge in [-0.25, -0.2) is 4.98 Å². The third-order valence-corrected chi connectivity index (χ3v) is 3.49. The van der Waals surface area contributed by atoms with Gasteiger partial charge in [-0.2, -0.15) is 0 Å². The van der Waals surface area contributed by atoms with Crippen molar-refractivity contribution >= 4 is 32.7 Å². The monoisotopic (exact) mass is 344 g/mol. The maximum absolute atomic E-state index is 5.25. The van der Waals surface area contributed by atoms with Gasteiger partial charge in [0.2, 0.25) is 5.88 Å². The lowest BCUT2D eigenvalue weighted by atomic mass is 10.2. The largest absolute Gasteiger partial charge is 0.481 e. The Labute approximate surface area is 130 Å². The number of aromatic nitrogens is 3. The third-order valence-electron chi connectivity index (χ3n) is 3.06. The van der Waals surface area contributed by atoms with Gasteiger partial charge in [0, 0.05) is 35.2 Å². The molecule has 3 aromatic rings. The van der Waals surface area contributed by atoms with Crippen molar-refractivity contribution in [2.24, 2.45) is 0 Å². The fourth-order valence-electron chi connectivity index (χ4n) is 2.08. The highest BCUT2D eigenvalue weighted by Gasteiger charge is 2.06. The van der Waals surface area contributed by atoms with E-state index in [0.29, 0.717) is 12.4 Å². The van der Waals surface area contributed by atoms with Crippen molar-refractivity contribution < 1.29 is 4.74 Å². The van der Waals surface area contributed by atoms with Gasteiger partial charge in [-0.1, -0.05) is 6.07 Å². The molecule has 0 unspecified atom stereocenters. The Bertz CT molecular complexity index is 778. The van der Waals surface area contributed by atoms with Crippen LogP contribution in [0.4, 0.5) is 5.69 Å². The zero-order chi connectivity index (χ0) is 14.7. The van der Waals surface area contributed by atoms with E-state index in [1.54, 1.807) is 25.7 Å². The van der Waals surface area contributed by atoms with Crippen LogP contribution in [0.2, 0.25) is 0 Å². The molecule has 0 saturated carbocycles. The van der Waals surface area contributed by atoms with Gasteiger partial charge in [0.1, 0.15) is 5.52 Å². The van der Waals surface area contributed by atoms with E-state index in [1.165, 1.54) is 0 Å². The first kappa shape index (κ1) is 13.8. The molecular formula is C15H13BrN4O. The number of fused-ring (bicyclic) bond motifs is 1. The molecule has 3 aromatic heterocycles. The van der Waals surface area contributed by atoms with Crippen LogP contribution in [0.3, 0.4) is 0 Å².